The van der Waals surface area contributed by atoms with Gasteiger partial charge in [-0.25, -0.2) is 0 Å². The Hall–Kier alpha value is -4.16. The van der Waals surface area contributed by atoms with E-state index in [9.17, 15) is 0 Å². The summed E-state index contributed by atoms with van der Waals surface area (Å²) in [6, 6.07) is 46.4. The van der Waals surface area contributed by atoms with Crippen LogP contribution in [0.3, 0.4) is 0 Å². The van der Waals surface area contributed by atoms with Gasteiger partial charge in [0.25, 0.3) is 0 Å². The fourth-order valence-electron chi connectivity index (χ4n) is 5.21. The van der Waals surface area contributed by atoms with Gasteiger partial charge in [0, 0.05) is 0 Å². The number of rotatable bonds is 4. The van der Waals surface area contributed by atoms with Crippen LogP contribution in [0.25, 0.3) is 54.9 Å². The summed E-state index contributed by atoms with van der Waals surface area (Å²) in [4.78, 5) is 0. The summed E-state index contributed by atoms with van der Waals surface area (Å²) in [7, 11) is 0. The van der Waals surface area contributed by atoms with Crippen molar-refractivity contribution in [2.24, 2.45) is 0 Å². The second-order valence-corrected chi connectivity index (χ2v) is 8.80. The Kier molecular flexibility index (Phi) is 5.20. The van der Waals surface area contributed by atoms with Crippen LogP contribution in [0.5, 0.6) is 0 Å². The van der Waals surface area contributed by atoms with Crippen LogP contribution in [-0.4, -0.2) is 0 Å². The average Bonchev–Trinajstić information content (AvgIpc) is 2.92. The molecule has 0 saturated carbocycles. The molecule has 0 N–H and O–H groups in total. The molecule has 34 heavy (non-hydrogen) atoms. The minimum absolute atomic E-state index is 1.05. The minimum Gasteiger partial charge on any atom is -0.0622 e. The lowest BCUT2D eigenvalue weighted by Crippen LogP contribution is -1.92. The molecule has 0 radical (unpaired) electrons. The van der Waals surface area contributed by atoms with Crippen molar-refractivity contribution in [3.8, 4) is 33.4 Å². The predicted molar refractivity (Wildman–Crippen MR) is 147 cm³/mol. The highest BCUT2D eigenvalue weighted by Crippen LogP contribution is 2.45. The Bertz CT molecular complexity index is 1550. The molecule has 162 valence electrons. The van der Waals surface area contributed by atoms with Gasteiger partial charge < -0.3 is 0 Å². The third kappa shape index (κ3) is 3.40. The number of fused-ring (bicyclic) bond motifs is 2. The van der Waals surface area contributed by atoms with Crippen molar-refractivity contribution < 1.29 is 0 Å². The summed E-state index contributed by atoms with van der Waals surface area (Å²) in [6.45, 7) is 2.21. The third-order valence-electron chi connectivity index (χ3n) is 6.86. The second kappa shape index (κ2) is 8.65. The molecule has 0 fully saturated rings. The molecule has 6 rings (SSSR count). The van der Waals surface area contributed by atoms with Gasteiger partial charge in [0.2, 0.25) is 0 Å². The first-order chi connectivity index (χ1) is 16.8. The van der Waals surface area contributed by atoms with Crippen LogP contribution in [0.1, 0.15) is 12.5 Å². The zero-order valence-corrected chi connectivity index (χ0v) is 19.3. The molecule has 0 unspecified atom stereocenters. The normalized spacial score (nSPS) is 11.2. The van der Waals surface area contributed by atoms with E-state index in [1.54, 1.807) is 0 Å². The topological polar surface area (TPSA) is 0 Å². The van der Waals surface area contributed by atoms with Crippen LogP contribution in [0, 0.1) is 0 Å². The fraction of sp³-hybridized carbons (Fsp3) is 0.0588. The van der Waals surface area contributed by atoms with E-state index in [1.807, 2.05) is 0 Å². The Morgan fingerprint density at radius 2 is 0.853 bits per heavy atom. The summed E-state index contributed by atoms with van der Waals surface area (Å²) in [5.74, 6) is 0. The van der Waals surface area contributed by atoms with E-state index in [0.29, 0.717) is 0 Å². The molecular weight excluding hydrogens is 408 g/mol. The molecule has 0 saturated heterocycles. The maximum absolute atomic E-state index is 2.28. The van der Waals surface area contributed by atoms with Crippen LogP contribution < -0.4 is 0 Å². The molecule has 0 aromatic heterocycles. The highest BCUT2D eigenvalue weighted by atomic mass is 14.2. The van der Waals surface area contributed by atoms with Crippen molar-refractivity contribution in [2.45, 2.75) is 13.3 Å². The highest BCUT2D eigenvalue weighted by molar-refractivity contribution is 6.22. The smallest absolute Gasteiger partial charge is 0.00201 e. The van der Waals surface area contributed by atoms with Crippen LogP contribution >= 0.6 is 0 Å². The van der Waals surface area contributed by atoms with E-state index < -0.39 is 0 Å². The van der Waals surface area contributed by atoms with Gasteiger partial charge in [-0.15, -0.1) is 0 Å². The Balaban J connectivity index is 1.74. The Morgan fingerprint density at radius 1 is 0.382 bits per heavy atom. The van der Waals surface area contributed by atoms with E-state index in [-0.39, 0.29) is 0 Å². The average molecular weight is 435 g/mol. The summed E-state index contributed by atoms with van der Waals surface area (Å²) < 4.78 is 0. The quantitative estimate of drug-likeness (QED) is 0.242. The lowest BCUT2D eigenvalue weighted by Gasteiger charge is -2.19. The van der Waals surface area contributed by atoms with Gasteiger partial charge in [-0.3, -0.25) is 0 Å². The lowest BCUT2D eigenvalue weighted by atomic mass is 9.84. The molecule has 0 aliphatic heterocycles. The maximum atomic E-state index is 2.28. The molecule has 0 heterocycles. The van der Waals surface area contributed by atoms with Crippen LogP contribution in [0.4, 0.5) is 0 Å². The van der Waals surface area contributed by atoms with Gasteiger partial charge in [-0.05, 0) is 66.9 Å². The zero-order chi connectivity index (χ0) is 22.9. The first-order valence-corrected chi connectivity index (χ1v) is 12.0. The van der Waals surface area contributed by atoms with Crippen LogP contribution in [0.15, 0.2) is 127 Å². The van der Waals surface area contributed by atoms with E-state index in [4.69, 9.17) is 0 Å². The van der Waals surface area contributed by atoms with Crippen LogP contribution in [-0.2, 0) is 6.42 Å². The summed E-state index contributed by atoms with van der Waals surface area (Å²) in [5, 5.41) is 5.17. The van der Waals surface area contributed by atoms with Crippen molar-refractivity contribution in [3.05, 3.63) is 133 Å². The highest BCUT2D eigenvalue weighted by Gasteiger charge is 2.18. The summed E-state index contributed by atoms with van der Waals surface area (Å²) in [5.41, 5.74) is 9.03. The molecule has 0 atom stereocenters. The number of hydrogen-bond acceptors (Lipinski definition) is 0. The first kappa shape index (κ1) is 20.4. The van der Waals surface area contributed by atoms with E-state index in [2.05, 4.69) is 134 Å². The maximum Gasteiger partial charge on any atom is -0.00201 e. The van der Waals surface area contributed by atoms with Gasteiger partial charge in [-0.2, -0.15) is 0 Å². The van der Waals surface area contributed by atoms with Crippen molar-refractivity contribution >= 4 is 21.5 Å². The SMILES string of the molecule is CCc1ccc(-c2c3ccccc3c(-c3ccccc3-c3ccccc3)c3ccccc23)cc1. The predicted octanol–water partition coefficient (Wildman–Crippen LogP) is 9.56. The zero-order valence-electron chi connectivity index (χ0n) is 19.3. The molecule has 0 heteroatoms. The molecule has 0 aliphatic carbocycles. The largest absolute Gasteiger partial charge is 0.0622 e. The summed E-state index contributed by atoms with van der Waals surface area (Å²) >= 11 is 0. The molecule has 0 aliphatic rings. The van der Waals surface area contributed by atoms with E-state index >= 15 is 0 Å². The van der Waals surface area contributed by atoms with Crippen molar-refractivity contribution in [2.75, 3.05) is 0 Å². The molecule has 0 bridgehead atoms. The number of hydrogen-bond donors (Lipinski definition) is 0. The monoisotopic (exact) mass is 434 g/mol. The van der Waals surface area contributed by atoms with Crippen molar-refractivity contribution in [1.82, 2.24) is 0 Å². The van der Waals surface area contributed by atoms with Gasteiger partial charge >= 0.3 is 0 Å². The molecule has 0 spiro atoms. The van der Waals surface area contributed by atoms with E-state index in [1.165, 1.54) is 60.5 Å². The standard InChI is InChI=1S/C34H26/c1-2-24-20-22-26(23-21-24)33-29-16-8-10-18-31(29)34(32-19-11-9-17-30(32)33)28-15-7-6-14-27(28)25-12-4-3-5-13-25/h3-23H,2H2,1H3. The van der Waals surface area contributed by atoms with Gasteiger partial charge in [0.1, 0.15) is 0 Å². The number of aryl methyl sites for hydroxylation is 1. The van der Waals surface area contributed by atoms with Gasteiger partial charge in [-0.1, -0.05) is 134 Å². The van der Waals surface area contributed by atoms with Gasteiger partial charge in [0.05, 0.1) is 0 Å². The van der Waals surface area contributed by atoms with Gasteiger partial charge in [0.15, 0.2) is 0 Å². The molecule has 0 nitrogen and oxygen atoms in total. The Morgan fingerprint density at radius 3 is 1.41 bits per heavy atom. The first-order valence-electron chi connectivity index (χ1n) is 12.0. The summed E-state index contributed by atoms with van der Waals surface area (Å²) in [6.07, 6.45) is 1.05. The van der Waals surface area contributed by atoms with Crippen molar-refractivity contribution in [1.29, 1.82) is 0 Å². The molecular formula is C34H26. The fourth-order valence-corrected chi connectivity index (χ4v) is 5.21. The molecule has 6 aromatic rings. The van der Waals surface area contributed by atoms with E-state index in [0.717, 1.165) is 6.42 Å². The molecule has 6 aromatic carbocycles. The minimum atomic E-state index is 1.05. The third-order valence-corrected chi connectivity index (χ3v) is 6.86. The lowest BCUT2D eigenvalue weighted by molar-refractivity contribution is 1.14. The van der Waals surface area contributed by atoms with Crippen LogP contribution in [0.2, 0.25) is 0 Å². The molecule has 0 amide bonds. The second-order valence-electron chi connectivity index (χ2n) is 8.80. The Labute approximate surface area is 201 Å². The number of benzene rings is 6. The van der Waals surface area contributed by atoms with Crippen molar-refractivity contribution in [3.63, 3.8) is 0 Å².